The molecule has 0 unspecified atom stereocenters. The molecule has 5 nitrogen and oxygen atoms in total. The molecule has 0 heterocycles. The van der Waals surface area contributed by atoms with Gasteiger partial charge in [0.25, 0.3) is 0 Å². The number of aliphatic carboxylic acids is 2. The molecule has 0 rings (SSSR count). The molecule has 1 atom stereocenters. The standard InChI is InChI=1S/C5H9NO4.Ba.2H/c6-3(5(9)10)1-2-4(7)8;;;/h3H,1-2,6H2,(H,7,8)(H,9,10);;;/t3-;;;/m1.../s1. The first-order valence-electron chi connectivity index (χ1n) is 2.74. The molecule has 6 heteroatoms. The van der Waals surface area contributed by atoms with E-state index < -0.39 is 18.0 Å². The van der Waals surface area contributed by atoms with Gasteiger partial charge in [0.15, 0.2) is 0 Å². The molecule has 0 aromatic heterocycles. The van der Waals surface area contributed by atoms with E-state index in [1.54, 1.807) is 0 Å². The van der Waals surface area contributed by atoms with Crippen molar-refractivity contribution in [3.05, 3.63) is 0 Å². The summed E-state index contributed by atoms with van der Waals surface area (Å²) in [6.07, 6.45) is -0.224. The van der Waals surface area contributed by atoms with Gasteiger partial charge in [0.2, 0.25) is 0 Å². The third-order valence-electron chi connectivity index (χ3n) is 0.986. The van der Waals surface area contributed by atoms with Gasteiger partial charge >= 0.3 is 60.8 Å². The van der Waals surface area contributed by atoms with Gasteiger partial charge in [-0.25, -0.2) is 0 Å². The second-order valence-corrected chi connectivity index (χ2v) is 1.88. The topological polar surface area (TPSA) is 101 Å². The zero-order valence-corrected chi connectivity index (χ0v) is 5.28. The number of carbonyl (C=O) groups is 2. The molecule has 0 aliphatic heterocycles. The molecule has 0 aromatic rings. The van der Waals surface area contributed by atoms with E-state index >= 15 is 0 Å². The Kier molecular flexibility index (Phi) is 9.10. The summed E-state index contributed by atoms with van der Waals surface area (Å²) in [6, 6.07) is -1.06. The zero-order valence-electron chi connectivity index (χ0n) is 5.28. The van der Waals surface area contributed by atoms with E-state index in [-0.39, 0.29) is 61.7 Å². The molecule has 0 spiro atoms. The van der Waals surface area contributed by atoms with Crippen LogP contribution >= 0.6 is 0 Å². The second-order valence-electron chi connectivity index (χ2n) is 1.88. The average molecular weight is 286 g/mol. The summed E-state index contributed by atoms with van der Waals surface area (Å²) >= 11 is 0. The summed E-state index contributed by atoms with van der Waals surface area (Å²) in [5, 5.41) is 16.3. The number of nitrogens with two attached hydrogens (primary N) is 1. The van der Waals surface area contributed by atoms with Gasteiger partial charge in [-0.1, -0.05) is 0 Å². The van der Waals surface area contributed by atoms with E-state index in [1.807, 2.05) is 0 Å². The summed E-state index contributed by atoms with van der Waals surface area (Å²) < 4.78 is 0. The SMILES string of the molecule is N[C@H](CCC(=O)O)C(=O)O.[BaH2]. The molecule has 4 N–H and O–H groups in total. The molecule has 0 bridgehead atoms. The van der Waals surface area contributed by atoms with Crippen molar-refractivity contribution in [2.45, 2.75) is 18.9 Å². The van der Waals surface area contributed by atoms with Crippen molar-refractivity contribution in [1.82, 2.24) is 0 Å². The van der Waals surface area contributed by atoms with E-state index in [9.17, 15) is 9.59 Å². The Morgan fingerprint density at radius 2 is 1.82 bits per heavy atom. The van der Waals surface area contributed by atoms with Crippen molar-refractivity contribution in [2.75, 3.05) is 0 Å². The normalized spacial score (nSPS) is 11.4. The maximum atomic E-state index is 9.99. The van der Waals surface area contributed by atoms with Gasteiger partial charge in [0.1, 0.15) is 6.04 Å². The molecule has 0 fully saturated rings. The van der Waals surface area contributed by atoms with Crippen LogP contribution in [-0.2, 0) is 9.59 Å². The molecule has 0 amide bonds. The summed E-state index contributed by atoms with van der Waals surface area (Å²) in [6.45, 7) is 0. The van der Waals surface area contributed by atoms with E-state index in [0.717, 1.165) is 0 Å². The molecule has 0 aliphatic carbocycles. The van der Waals surface area contributed by atoms with Gasteiger partial charge in [0.05, 0.1) is 0 Å². The Bertz CT molecular complexity index is 149. The van der Waals surface area contributed by atoms with Crippen LogP contribution in [0.25, 0.3) is 0 Å². The van der Waals surface area contributed by atoms with Crippen LogP contribution in [0.4, 0.5) is 0 Å². The van der Waals surface area contributed by atoms with E-state index in [1.165, 1.54) is 0 Å². The summed E-state index contributed by atoms with van der Waals surface area (Å²) in [7, 11) is 0. The number of hydrogen-bond donors (Lipinski definition) is 3. The first kappa shape index (κ1) is 14.0. The Hall–Kier alpha value is 0.471. The van der Waals surface area contributed by atoms with Gasteiger partial charge in [-0.15, -0.1) is 0 Å². The molecular formula is C5H11BaNO4. The first-order valence-corrected chi connectivity index (χ1v) is 2.74. The minimum atomic E-state index is -1.17. The van der Waals surface area contributed by atoms with Crippen molar-refractivity contribution in [3.63, 3.8) is 0 Å². The van der Waals surface area contributed by atoms with Crippen molar-refractivity contribution in [1.29, 1.82) is 0 Å². The molecule has 0 radical (unpaired) electrons. The fraction of sp³-hybridized carbons (Fsp3) is 0.600. The van der Waals surface area contributed by atoms with Crippen LogP contribution in [-0.4, -0.2) is 77.1 Å². The van der Waals surface area contributed by atoms with Gasteiger partial charge < -0.3 is 15.9 Å². The molecule has 11 heavy (non-hydrogen) atoms. The number of rotatable bonds is 4. The molecule has 0 saturated heterocycles. The number of carboxylic acids is 2. The van der Waals surface area contributed by atoms with Crippen molar-refractivity contribution in [3.8, 4) is 0 Å². The van der Waals surface area contributed by atoms with Crippen LogP contribution in [0.2, 0.25) is 0 Å². The van der Waals surface area contributed by atoms with Crippen LogP contribution in [0.5, 0.6) is 0 Å². The predicted octanol–water partition coefficient (Wildman–Crippen LogP) is -1.65. The molecule has 0 aromatic carbocycles. The van der Waals surface area contributed by atoms with Gasteiger partial charge in [-0.05, 0) is 6.42 Å². The van der Waals surface area contributed by atoms with Crippen molar-refractivity contribution in [2.24, 2.45) is 5.73 Å². The third kappa shape index (κ3) is 8.38. The van der Waals surface area contributed by atoms with Crippen LogP contribution in [0, 0.1) is 0 Å². The van der Waals surface area contributed by atoms with Gasteiger partial charge in [0, 0.05) is 6.42 Å². The van der Waals surface area contributed by atoms with Crippen LogP contribution in [0.1, 0.15) is 12.8 Å². The number of carboxylic acid groups (broad SMARTS) is 2. The van der Waals surface area contributed by atoms with E-state index in [2.05, 4.69) is 0 Å². The van der Waals surface area contributed by atoms with Crippen molar-refractivity contribution < 1.29 is 19.8 Å². The summed E-state index contributed by atoms with van der Waals surface area (Å²) in [5.74, 6) is -2.20. The predicted molar refractivity (Wildman–Crippen MR) is 41.0 cm³/mol. The summed E-state index contributed by atoms with van der Waals surface area (Å²) in [5.41, 5.74) is 5.00. The first-order chi connectivity index (χ1) is 4.54. The van der Waals surface area contributed by atoms with Gasteiger partial charge in [-0.3, -0.25) is 9.59 Å². The summed E-state index contributed by atoms with van der Waals surface area (Å²) in [4.78, 5) is 19.9. The van der Waals surface area contributed by atoms with E-state index in [4.69, 9.17) is 15.9 Å². The Morgan fingerprint density at radius 1 is 1.36 bits per heavy atom. The maximum absolute atomic E-state index is 9.99. The molecule has 0 saturated carbocycles. The molecule has 0 aliphatic rings. The molecular weight excluding hydrogens is 275 g/mol. The minimum absolute atomic E-state index is 0. The Labute approximate surface area is 104 Å². The van der Waals surface area contributed by atoms with Crippen molar-refractivity contribution >= 4 is 60.8 Å². The Morgan fingerprint density at radius 3 is 2.09 bits per heavy atom. The fourth-order valence-corrected chi connectivity index (χ4v) is 0.402. The van der Waals surface area contributed by atoms with Crippen LogP contribution in [0.3, 0.4) is 0 Å². The Balaban J connectivity index is 0. The quantitative estimate of drug-likeness (QED) is 0.538. The zero-order chi connectivity index (χ0) is 8.15. The van der Waals surface area contributed by atoms with Crippen LogP contribution in [0.15, 0.2) is 0 Å². The monoisotopic (exact) mass is 287 g/mol. The third-order valence-corrected chi connectivity index (χ3v) is 0.986. The fourth-order valence-electron chi connectivity index (χ4n) is 0.402. The van der Waals surface area contributed by atoms with Crippen LogP contribution < -0.4 is 5.73 Å². The number of hydrogen-bond acceptors (Lipinski definition) is 3. The average Bonchev–Trinajstić information content (AvgIpc) is 1.82. The van der Waals surface area contributed by atoms with Gasteiger partial charge in [-0.2, -0.15) is 0 Å². The second kappa shape index (κ2) is 7.14. The molecule has 62 valence electrons. The van der Waals surface area contributed by atoms with E-state index in [0.29, 0.717) is 0 Å².